The van der Waals surface area contributed by atoms with Crippen molar-refractivity contribution in [2.24, 2.45) is 13.0 Å². The van der Waals surface area contributed by atoms with Crippen molar-refractivity contribution in [3.63, 3.8) is 0 Å². The highest BCUT2D eigenvalue weighted by Gasteiger charge is 2.14. The fraction of sp³-hybridized carbons (Fsp3) is 0.727. The number of aryl methyl sites for hydroxylation is 1. The van der Waals surface area contributed by atoms with Gasteiger partial charge >= 0.3 is 0 Å². The van der Waals surface area contributed by atoms with E-state index in [-0.39, 0.29) is 0 Å². The van der Waals surface area contributed by atoms with Crippen molar-refractivity contribution in [3.05, 3.63) is 12.3 Å². The molecule has 0 aromatic carbocycles. The highest BCUT2D eigenvalue weighted by molar-refractivity contribution is 5.05. The summed E-state index contributed by atoms with van der Waals surface area (Å²) in [5.74, 6) is 1.66. The molecule has 0 unspecified atom stereocenters. The molecule has 3 nitrogen and oxygen atoms in total. The van der Waals surface area contributed by atoms with E-state index in [0.29, 0.717) is 0 Å². The number of nitrogens with zero attached hydrogens (tertiary/aromatic N) is 2. The van der Waals surface area contributed by atoms with E-state index >= 15 is 0 Å². The van der Waals surface area contributed by atoms with Crippen LogP contribution >= 0.6 is 0 Å². The number of hydrogen-bond donors (Lipinski definition) is 0. The Kier molecular flexibility index (Phi) is 3.07. The van der Waals surface area contributed by atoms with Crippen LogP contribution in [0.2, 0.25) is 0 Å². The first-order valence-electron chi connectivity index (χ1n) is 5.47. The highest BCUT2D eigenvalue weighted by atomic mass is 16.5. The van der Waals surface area contributed by atoms with Gasteiger partial charge in [0.25, 0.3) is 0 Å². The Balaban J connectivity index is 1.67. The minimum absolute atomic E-state index is 0.755. The summed E-state index contributed by atoms with van der Waals surface area (Å²) < 4.78 is 7.33. The second kappa shape index (κ2) is 4.49. The van der Waals surface area contributed by atoms with Crippen LogP contribution in [-0.4, -0.2) is 16.4 Å². The predicted octanol–water partition coefficient (Wildman–Crippen LogP) is 2.38. The normalized spacial score (nSPS) is 17.5. The van der Waals surface area contributed by atoms with Crippen LogP contribution in [0.25, 0.3) is 0 Å². The van der Waals surface area contributed by atoms with Gasteiger partial charge in [-0.1, -0.05) is 25.7 Å². The molecule has 78 valence electrons. The molecule has 0 aliphatic heterocycles. The Labute approximate surface area is 85.1 Å². The maximum absolute atomic E-state index is 5.56. The maximum Gasteiger partial charge on any atom is 0.232 e. The second-order valence-electron chi connectivity index (χ2n) is 4.12. The van der Waals surface area contributed by atoms with Crippen LogP contribution in [0, 0.1) is 5.92 Å². The summed E-state index contributed by atoms with van der Waals surface area (Å²) in [6.07, 6.45) is 8.71. The average Bonchev–Trinajstić information content (AvgIpc) is 2.77. The van der Waals surface area contributed by atoms with Crippen LogP contribution in [0.3, 0.4) is 0 Å². The zero-order valence-electron chi connectivity index (χ0n) is 8.78. The highest BCUT2D eigenvalue weighted by Crippen LogP contribution is 2.27. The Morgan fingerprint density at radius 2 is 2.29 bits per heavy atom. The largest absolute Gasteiger partial charge is 0.477 e. The van der Waals surface area contributed by atoms with Crippen LogP contribution in [-0.2, 0) is 7.05 Å². The van der Waals surface area contributed by atoms with E-state index in [1.54, 1.807) is 4.68 Å². The molecule has 2 rings (SSSR count). The molecule has 1 aliphatic rings. The Hall–Kier alpha value is -0.990. The molecule has 1 aromatic rings. The fourth-order valence-electron chi connectivity index (χ4n) is 2.10. The lowest BCUT2D eigenvalue weighted by Gasteiger charge is -2.08. The molecular formula is C11H18N2O. The molecule has 0 saturated heterocycles. The SMILES string of the molecule is Cn1ccc(OCCC2CCCC2)n1. The molecular weight excluding hydrogens is 176 g/mol. The van der Waals surface area contributed by atoms with Gasteiger partial charge in [0.05, 0.1) is 6.61 Å². The van der Waals surface area contributed by atoms with E-state index in [1.807, 2.05) is 19.3 Å². The zero-order valence-corrected chi connectivity index (χ0v) is 8.78. The van der Waals surface area contributed by atoms with Crippen molar-refractivity contribution in [3.8, 4) is 5.88 Å². The standard InChI is InChI=1S/C11H18N2O/c1-13-8-6-11(12-13)14-9-7-10-4-2-3-5-10/h6,8,10H,2-5,7,9H2,1H3. The lowest BCUT2D eigenvalue weighted by atomic mass is 10.1. The van der Waals surface area contributed by atoms with Crippen LogP contribution in [0.4, 0.5) is 0 Å². The van der Waals surface area contributed by atoms with Gasteiger partial charge in [-0.25, -0.2) is 0 Å². The van der Waals surface area contributed by atoms with E-state index < -0.39 is 0 Å². The fourth-order valence-corrected chi connectivity index (χ4v) is 2.10. The first-order chi connectivity index (χ1) is 6.84. The molecule has 1 heterocycles. The minimum Gasteiger partial charge on any atom is -0.477 e. The van der Waals surface area contributed by atoms with Crippen molar-refractivity contribution in [1.29, 1.82) is 0 Å². The Morgan fingerprint density at radius 1 is 1.50 bits per heavy atom. The number of rotatable bonds is 4. The molecule has 0 spiro atoms. The topological polar surface area (TPSA) is 27.1 Å². The van der Waals surface area contributed by atoms with E-state index in [9.17, 15) is 0 Å². The first-order valence-corrected chi connectivity index (χ1v) is 5.47. The Morgan fingerprint density at radius 3 is 2.93 bits per heavy atom. The van der Waals surface area contributed by atoms with E-state index in [4.69, 9.17) is 4.74 Å². The van der Waals surface area contributed by atoms with Crippen LogP contribution < -0.4 is 4.74 Å². The minimum atomic E-state index is 0.755. The quantitative estimate of drug-likeness (QED) is 0.735. The van der Waals surface area contributed by atoms with Crippen molar-refractivity contribution in [2.45, 2.75) is 32.1 Å². The maximum atomic E-state index is 5.56. The van der Waals surface area contributed by atoms with Gasteiger partial charge in [0.1, 0.15) is 0 Å². The van der Waals surface area contributed by atoms with Crippen molar-refractivity contribution in [1.82, 2.24) is 9.78 Å². The molecule has 0 atom stereocenters. The number of aromatic nitrogens is 2. The lowest BCUT2D eigenvalue weighted by molar-refractivity contribution is 0.268. The van der Waals surface area contributed by atoms with Gasteiger partial charge in [0, 0.05) is 19.3 Å². The molecule has 0 amide bonds. The third kappa shape index (κ3) is 2.50. The zero-order chi connectivity index (χ0) is 9.80. The van der Waals surface area contributed by atoms with Gasteiger partial charge in [-0.3, -0.25) is 4.68 Å². The van der Waals surface area contributed by atoms with E-state index in [2.05, 4.69) is 5.10 Å². The number of ether oxygens (including phenoxy) is 1. The van der Waals surface area contributed by atoms with Gasteiger partial charge in [-0.15, -0.1) is 5.10 Å². The molecule has 0 N–H and O–H groups in total. The van der Waals surface area contributed by atoms with Crippen LogP contribution in [0.5, 0.6) is 5.88 Å². The van der Waals surface area contributed by atoms with Gasteiger partial charge in [-0.2, -0.15) is 0 Å². The predicted molar refractivity (Wildman–Crippen MR) is 55.3 cm³/mol. The number of hydrogen-bond acceptors (Lipinski definition) is 2. The van der Waals surface area contributed by atoms with Crippen LogP contribution in [0.15, 0.2) is 12.3 Å². The van der Waals surface area contributed by atoms with Gasteiger partial charge < -0.3 is 4.74 Å². The van der Waals surface area contributed by atoms with E-state index in [0.717, 1.165) is 18.4 Å². The van der Waals surface area contributed by atoms with E-state index in [1.165, 1.54) is 32.1 Å². The monoisotopic (exact) mass is 194 g/mol. The molecule has 1 aromatic heterocycles. The average molecular weight is 194 g/mol. The third-order valence-electron chi connectivity index (χ3n) is 2.94. The van der Waals surface area contributed by atoms with Crippen molar-refractivity contribution >= 4 is 0 Å². The van der Waals surface area contributed by atoms with Gasteiger partial charge in [0.15, 0.2) is 0 Å². The molecule has 14 heavy (non-hydrogen) atoms. The smallest absolute Gasteiger partial charge is 0.232 e. The van der Waals surface area contributed by atoms with Crippen molar-refractivity contribution < 1.29 is 4.74 Å². The summed E-state index contributed by atoms with van der Waals surface area (Å²) in [6.45, 7) is 0.821. The summed E-state index contributed by atoms with van der Waals surface area (Å²) in [5, 5.41) is 4.17. The molecule has 3 heteroatoms. The summed E-state index contributed by atoms with van der Waals surface area (Å²) in [7, 11) is 1.91. The van der Waals surface area contributed by atoms with Crippen LogP contribution in [0.1, 0.15) is 32.1 Å². The molecule has 1 saturated carbocycles. The second-order valence-corrected chi connectivity index (χ2v) is 4.12. The first kappa shape index (κ1) is 9.56. The summed E-state index contributed by atoms with van der Waals surface area (Å²) >= 11 is 0. The summed E-state index contributed by atoms with van der Waals surface area (Å²) in [6, 6.07) is 1.91. The molecule has 0 bridgehead atoms. The summed E-state index contributed by atoms with van der Waals surface area (Å²) in [4.78, 5) is 0. The van der Waals surface area contributed by atoms with Crippen molar-refractivity contribution in [2.75, 3.05) is 6.61 Å². The van der Waals surface area contributed by atoms with Gasteiger partial charge in [-0.05, 0) is 12.3 Å². The molecule has 0 radical (unpaired) electrons. The molecule has 1 fully saturated rings. The summed E-state index contributed by atoms with van der Waals surface area (Å²) in [5.41, 5.74) is 0. The molecule has 1 aliphatic carbocycles. The lowest BCUT2D eigenvalue weighted by Crippen LogP contribution is -2.04. The Bertz CT molecular complexity index is 277. The third-order valence-corrected chi connectivity index (χ3v) is 2.94. The van der Waals surface area contributed by atoms with Gasteiger partial charge in [0.2, 0.25) is 5.88 Å².